The van der Waals surface area contributed by atoms with Gasteiger partial charge in [0, 0.05) is 37.1 Å². The monoisotopic (exact) mass is 442 g/mol. The van der Waals surface area contributed by atoms with E-state index in [1.165, 1.54) is 36.4 Å². The highest BCUT2D eigenvalue weighted by Gasteiger charge is 2.31. The van der Waals surface area contributed by atoms with E-state index in [1.54, 1.807) is 10.7 Å². The van der Waals surface area contributed by atoms with Gasteiger partial charge in [-0.25, -0.2) is 0 Å². The van der Waals surface area contributed by atoms with Gasteiger partial charge in [-0.15, -0.1) is 0 Å². The third-order valence-electron chi connectivity index (χ3n) is 5.07. The number of pyridine rings is 1. The van der Waals surface area contributed by atoms with E-state index >= 15 is 0 Å². The number of aromatic nitrogens is 3. The van der Waals surface area contributed by atoms with E-state index in [4.69, 9.17) is 0 Å². The normalized spacial score (nSPS) is 14.7. The summed E-state index contributed by atoms with van der Waals surface area (Å²) in [5.74, 6) is 1.20. The average Bonchev–Trinajstić information content (AvgIpc) is 3.41. The van der Waals surface area contributed by atoms with Gasteiger partial charge in [-0.1, -0.05) is 39.5 Å². The molecule has 1 fully saturated rings. The quantitative estimate of drug-likeness (QED) is 0.600. The second kappa shape index (κ2) is 13.0. The zero-order valence-corrected chi connectivity index (χ0v) is 18.7. The van der Waals surface area contributed by atoms with Crippen LogP contribution in [0.2, 0.25) is 0 Å². The molecule has 174 valence electrons. The predicted octanol–water partition coefficient (Wildman–Crippen LogP) is 5.51. The summed E-state index contributed by atoms with van der Waals surface area (Å²) < 4.78 is 40.6. The maximum atomic E-state index is 12.5. The third-order valence-corrected chi connectivity index (χ3v) is 5.07. The first-order valence-electron chi connectivity index (χ1n) is 10.8. The molecule has 1 unspecified atom stereocenters. The van der Waals surface area contributed by atoms with Gasteiger partial charge in [-0.05, 0) is 32.3 Å². The van der Waals surface area contributed by atoms with Crippen LogP contribution in [0.15, 0.2) is 35.4 Å². The Labute approximate surface area is 181 Å². The number of carbonyl (C=O) groups excluding carboxylic acids is 1. The lowest BCUT2D eigenvalue weighted by Gasteiger charge is -2.19. The van der Waals surface area contributed by atoms with Gasteiger partial charge in [-0.3, -0.25) is 14.3 Å². The molecule has 0 bridgehead atoms. The lowest BCUT2D eigenvalue weighted by molar-refractivity contribution is -0.137. The number of aryl methyl sites for hydroxylation is 1. The highest BCUT2D eigenvalue weighted by molar-refractivity contribution is 5.68. The molecule has 1 saturated carbocycles. The fraction of sp³-hybridized carbons (Fsp3) is 0.591. The van der Waals surface area contributed by atoms with Crippen molar-refractivity contribution in [3.63, 3.8) is 0 Å². The maximum absolute atomic E-state index is 12.5. The topological polar surface area (TPSA) is 68.9 Å². The molecule has 1 amide bonds. The Hall–Kier alpha value is -2.58. The number of hydrogen-bond donors (Lipinski definition) is 1. The lowest BCUT2D eigenvalue weighted by atomic mass is 9.99. The Morgan fingerprint density at radius 2 is 1.87 bits per heavy atom. The number of amides is 1. The Morgan fingerprint density at radius 1 is 1.23 bits per heavy atom. The lowest BCUT2D eigenvalue weighted by Crippen LogP contribution is -2.25. The minimum absolute atomic E-state index is 0.0436. The maximum Gasteiger partial charge on any atom is 0.416 e. The van der Waals surface area contributed by atoms with E-state index in [1.807, 2.05) is 33.9 Å². The van der Waals surface area contributed by atoms with Gasteiger partial charge in [-0.2, -0.15) is 18.3 Å². The molecule has 2 aromatic heterocycles. The predicted molar refractivity (Wildman–Crippen MR) is 116 cm³/mol. The Kier molecular flexibility index (Phi) is 11.1. The molecular formula is C22H33F3N4O2. The van der Waals surface area contributed by atoms with Crippen molar-refractivity contribution in [1.82, 2.24) is 14.3 Å². The number of nitrogens with one attached hydrogen (secondary N) is 1. The minimum atomic E-state index is -4.45. The van der Waals surface area contributed by atoms with Gasteiger partial charge in [0.2, 0.25) is 6.41 Å². The molecule has 1 atom stereocenters. The van der Waals surface area contributed by atoms with Gasteiger partial charge in [0.1, 0.15) is 0 Å². The molecule has 0 aliphatic heterocycles. The summed E-state index contributed by atoms with van der Waals surface area (Å²) in [5.41, 5.74) is -1.44. The Bertz CT molecular complexity index is 840. The number of alkyl halides is 3. The Balaban J connectivity index is 0.000000337. The van der Waals surface area contributed by atoms with Crippen molar-refractivity contribution < 1.29 is 18.0 Å². The van der Waals surface area contributed by atoms with Gasteiger partial charge >= 0.3 is 6.18 Å². The molecule has 6 nitrogen and oxygen atoms in total. The number of carbonyl (C=O) groups is 1. The van der Waals surface area contributed by atoms with E-state index in [0.29, 0.717) is 24.2 Å². The molecule has 0 aromatic carbocycles. The van der Waals surface area contributed by atoms with Crippen LogP contribution in [0.25, 0.3) is 0 Å². The van der Waals surface area contributed by atoms with Gasteiger partial charge in [0.15, 0.2) is 5.82 Å². The summed E-state index contributed by atoms with van der Waals surface area (Å²) in [7, 11) is 0. The summed E-state index contributed by atoms with van der Waals surface area (Å²) >= 11 is 0. The number of anilines is 1. The third kappa shape index (κ3) is 8.59. The van der Waals surface area contributed by atoms with Crippen LogP contribution in [0, 0.1) is 5.92 Å². The zero-order chi connectivity index (χ0) is 23.4. The largest absolute Gasteiger partial charge is 0.416 e. The smallest absolute Gasteiger partial charge is 0.313 e. The highest BCUT2D eigenvalue weighted by atomic mass is 19.4. The van der Waals surface area contributed by atoms with Crippen LogP contribution in [0.4, 0.5) is 19.0 Å². The summed E-state index contributed by atoms with van der Waals surface area (Å²) in [6, 6.07) is 3.37. The summed E-state index contributed by atoms with van der Waals surface area (Å²) in [4.78, 5) is 21.7. The number of nitrogens with zero attached hydrogens (tertiary/aromatic N) is 3. The van der Waals surface area contributed by atoms with Gasteiger partial charge in [0.05, 0.1) is 5.56 Å². The molecule has 2 heterocycles. The molecule has 31 heavy (non-hydrogen) atoms. The summed E-state index contributed by atoms with van der Waals surface area (Å²) in [5, 5.41) is 6.44. The van der Waals surface area contributed by atoms with Gasteiger partial charge in [0.25, 0.3) is 5.56 Å². The van der Waals surface area contributed by atoms with E-state index in [-0.39, 0.29) is 6.04 Å². The van der Waals surface area contributed by atoms with E-state index < -0.39 is 17.3 Å². The molecular weight excluding hydrogens is 409 g/mol. The van der Waals surface area contributed by atoms with Crippen LogP contribution in [0.5, 0.6) is 0 Å². The van der Waals surface area contributed by atoms with Gasteiger partial charge < -0.3 is 9.88 Å². The number of halogens is 3. The first-order chi connectivity index (χ1) is 14.7. The van der Waals surface area contributed by atoms with Crippen molar-refractivity contribution in [3.05, 3.63) is 46.5 Å². The van der Waals surface area contributed by atoms with E-state index in [0.717, 1.165) is 19.0 Å². The number of hydrogen-bond acceptors (Lipinski definition) is 3. The van der Waals surface area contributed by atoms with E-state index in [9.17, 15) is 22.8 Å². The SMILES string of the molecule is CC.CC(CC1CCCC1)n1ccc(C(F)(F)F)cc1=O.CCn1ccc(NC=O)n1. The summed E-state index contributed by atoms with van der Waals surface area (Å²) in [6.45, 7) is 8.70. The molecule has 1 aliphatic rings. The van der Waals surface area contributed by atoms with Crippen molar-refractivity contribution in [2.75, 3.05) is 5.32 Å². The second-order valence-corrected chi connectivity index (χ2v) is 7.21. The second-order valence-electron chi connectivity index (χ2n) is 7.21. The summed E-state index contributed by atoms with van der Waals surface area (Å²) in [6.07, 6.45) is 4.88. The number of rotatable bonds is 6. The van der Waals surface area contributed by atoms with Crippen molar-refractivity contribution in [1.29, 1.82) is 0 Å². The van der Waals surface area contributed by atoms with Crippen LogP contribution in [-0.2, 0) is 17.5 Å². The van der Waals surface area contributed by atoms with Crippen LogP contribution in [0.3, 0.4) is 0 Å². The van der Waals surface area contributed by atoms with Crippen molar-refractivity contribution >= 4 is 12.2 Å². The molecule has 2 aromatic rings. The Morgan fingerprint density at radius 3 is 2.35 bits per heavy atom. The first kappa shape index (κ1) is 26.5. The highest BCUT2D eigenvalue weighted by Crippen LogP contribution is 2.32. The molecule has 3 rings (SSSR count). The van der Waals surface area contributed by atoms with Crippen LogP contribution in [-0.4, -0.2) is 20.8 Å². The van der Waals surface area contributed by atoms with Crippen LogP contribution >= 0.6 is 0 Å². The van der Waals surface area contributed by atoms with Crippen molar-refractivity contribution in [2.24, 2.45) is 5.92 Å². The van der Waals surface area contributed by atoms with Crippen LogP contribution in [0.1, 0.15) is 71.4 Å². The molecule has 0 saturated heterocycles. The molecule has 0 spiro atoms. The van der Waals surface area contributed by atoms with Crippen LogP contribution < -0.4 is 10.9 Å². The fourth-order valence-corrected chi connectivity index (χ4v) is 3.55. The molecule has 0 radical (unpaired) electrons. The zero-order valence-electron chi connectivity index (χ0n) is 18.7. The fourth-order valence-electron chi connectivity index (χ4n) is 3.55. The molecule has 9 heteroatoms. The average molecular weight is 443 g/mol. The van der Waals surface area contributed by atoms with Crippen molar-refractivity contribution in [3.8, 4) is 0 Å². The standard InChI is InChI=1S/C14H18F3NO.C6H9N3O.C2H6/c1-10(8-11-4-2-3-5-11)18-7-6-12(9-13(18)19)14(15,16)17;1-2-9-4-3-6(8-9)7-5-10;1-2/h6-7,9-11H,2-5,8H2,1H3;3-5H,2H2,1H3,(H,7,8,10);1-2H3. The van der Waals surface area contributed by atoms with Crippen molar-refractivity contribution in [2.45, 2.75) is 78.6 Å². The molecule has 1 aliphatic carbocycles. The minimum Gasteiger partial charge on any atom is -0.313 e. The van der Waals surface area contributed by atoms with E-state index in [2.05, 4.69) is 10.4 Å². The first-order valence-corrected chi connectivity index (χ1v) is 10.8. The molecule has 1 N–H and O–H groups in total.